The molecule has 8 heteroatoms. The van der Waals surface area contributed by atoms with Crippen molar-refractivity contribution >= 4 is 33.9 Å². The number of aryl methyl sites for hydroxylation is 1. The van der Waals surface area contributed by atoms with E-state index in [1.54, 1.807) is 6.20 Å². The van der Waals surface area contributed by atoms with Crippen LogP contribution in [0, 0.1) is 18.3 Å². The summed E-state index contributed by atoms with van der Waals surface area (Å²) >= 11 is 6.96. The third-order valence-corrected chi connectivity index (χ3v) is 10.5. The summed E-state index contributed by atoms with van der Waals surface area (Å²) in [6, 6.07) is 30.3. The van der Waals surface area contributed by atoms with Gasteiger partial charge >= 0.3 is 0 Å². The van der Waals surface area contributed by atoms with E-state index in [1.165, 1.54) is 43.5 Å². The first-order valence-electron chi connectivity index (χ1n) is 18.4. The van der Waals surface area contributed by atoms with E-state index in [1.807, 2.05) is 12.1 Å². The zero-order valence-corrected chi connectivity index (χ0v) is 30.3. The van der Waals surface area contributed by atoms with Gasteiger partial charge in [0.1, 0.15) is 6.07 Å². The Morgan fingerprint density at radius 2 is 1.49 bits per heavy atom. The number of nitrogens with zero attached hydrogens (tertiary/aromatic N) is 4. The minimum absolute atomic E-state index is 0.473. The molecule has 0 amide bonds. The fourth-order valence-electron chi connectivity index (χ4n) is 7.27. The molecular formula is C43H47ClN6O. The largest absolute Gasteiger partial charge is 0.379 e. The number of likely N-dealkylation sites (tertiary alicyclic amines) is 1. The highest BCUT2D eigenvalue weighted by Crippen LogP contribution is 2.38. The number of hydrogen-bond donors (Lipinski definition) is 2. The Balaban J connectivity index is 1.02. The number of morpholine rings is 1. The molecule has 5 aromatic rings. The van der Waals surface area contributed by atoms with Crippen molar-refractivity contribution in [2.24, 2.45) is 0 Å². The Morgan fingerprint density at radius 1 is 0.784 bits per heavy atom. The lowest BCUT2D eigenvalue weighted by Gasteiger charge is -2.26. The van der Waals surface area contributed by atoms with Crippen LogP contribution in [0.4, 0.5) is 11.4 Å². The number of rotatable bonds is 12. The fourth-order valence-corrected chi connectivity index (χ4v) is 7.58. The molecule has 7 nitrogen and oxygen atoms in total. The highest BCUT2D eigenvalue weighted by molar-refractivity contribution is 6.34. The third kappa shape index (κ3) is 8.78. The van der Waals surface area contributed by atoms with E-state index in [2.05, 4.69) is 105 Å². The summed E-state index contributed by atoms with van der Waals surface area (Å²) in [7, 11) is 0. The number of halogens is 1. The molecule has 0 unspecified atom stereocenters. The third-order valence-electron chi connectivity index (χ3n) is 10.2. The predicted octanol–water partition coefficient (Wildman–Crippen LogP) is 8.94. The highest BCUT2D eigenvalue weighted by atomic mass is 35.5. The smallest absolute Gasteiger partial charge is 0.103 e. The van der Waals surface area contributed by atoms with Crippen LogP contribution in [-0.4, -0.2) is 67.3 Å². The van der Waals surface area contributed by atoms with Crippen LogP contribution in [0.3, 0.4) is 0 Å². The van der Waals surface area contributed by atoms with Crippen LogP contribution in [0.5, 0.6) is 0 Å². The zero-order chi connectivity index (χ0) is 35.0. The molecule has 2 fully saturated rings. The van der Waals surface area contributed by atoms with Gasteiger partial charge in [-0.15, -0.1) is 0 Å². The van der Waals surface area contributed by atoms with Crippen molar-refractivity contribution in [2.45, 2.75) is 45.7 Å². The Kier molecular flexibility index (Phi) is 11.6. The van der Waals surface area contributed by atoms with E-state index in [4.69, 9.17) is 16.3 Å². The zero-order valence-electron chi connectivity index (χ0n) is 29.6. The molecule has 7 rings (SSSR count). The summed E-state index contributed by atoms with van der Waals surface area (Å²) in [5, 5.41) is 18.6. The van der Waals surface area contributed by atoms with Crippen molar-refractivity contribution in [3.8, 4) is 28.3 Å². The summed E-state index contributed by atoms with van der Waals surface area (Å²) < 4.78 is 5.44. The van der Waals surface area contributed by atoms with E-state index in [0.29, 0.717) is 16.3 Å². The van der Waals surface area contributed by atoms with E-state index >= 15 is 0 Å². The van der Waals surface area contributed by atoms with Crippen molar-refractivity contribution < 1.29 is 4.74 Å². The molecule has 0 radical (unpaired) electrons. The number of nitrogens with one attached hydrogen (secondary N) is 2. The predicted molar refractivity (Wildman–Crippen MR) is 210 cm³/mol. The van der Waals surface area contributed by atoms with Crippen LogP contribution in [0.1, 0.15) is 47.9 Å². The monoisotopic (exact) mass is 698 g/mol. The minimum Gasteiger partial charge on any atom is -0.379 e. The van der Waals surface area contributed by atoms with Gasteiger partial charge in [-0.1, -0.05) is 78.7 Å². The standard InChI is InChI=1S/C43H47ClN6O/c1-31-24-37(35-12-8-33(9-13-35)30-50-17-3-2-4-18-50)25-40(44)42(31)48-43-38(27-45)29-47-41-26-36(14-15-39(41)43)34-10-6-32(7-11-34)28-46-16-5-19-49-20-22-51-23-21-49/h6-15,24-26,29,46H,2-5,16-23,28,30H2,1H3,(H,47,48). The van der Waals surface area contributed by atoms with Gasteiger partial charge in [-0.2, -0.15) is 5.26 Å². The quantitative estimate of drug-likeness (QED) is 0.126. The number of anilines is 2. The number of ether oxygens (including phenoxy) is 1. The summed E-state index contributed by atoms with van der Waals surface area (Å²) in [5.41, 5.74) is 10.8. The van der Waals surface area contributed by atoms with Gasteiger partial charge in [-0.05, 0) is 110 Å². The number of aromatic nitrogens is 1. The average molecular weight is 699 g/mol. The van der Waals surface area contributed by atoms with E-state index in [9.17, 15) is 5.26 Å². The second kappa shape index (κ2) is 16.8. The highest BCUT2D eigenvalue weighted by Gasteiger charge is 2.16. The molecule has 0 bridgehead atoms. The molecule has 4 aromatic carbocycles. The summed E-state index contributed by atoms with van der Waals surface area (Å²) in [4.78, 5) is 9.69. The maximum Gasteiger partial charge on any atom is 0.103 e. The molecule has 0 atom stereocenters. The van der Waals surface area contributed by atoms with Crippen LogP contribution in [-0.2, 0) is 17.8 Å². The van der Waals surface area contributed by atoms with Crippen LogP contribution in [0.15, 0.2) is 85.1 Å². The van der Waals surface area contributed by atoms with Gasteiger partial charge in [0.05, 0.1) is 40.7 Å². The normalized spacial score (nSPS) is 15.5. The van der Waals surface area contributed by atoms with E-state index < -0.39 is 0 Å². The van der Waals surface area contributed by atoms with Crippen molar-refractivity contribution in [3.05, 3.63) is 112 Å². The topological polar surface area (TPSA) is 76.5 Å². The second-order valence-corrected chi connectivity index (χ2v) is 14.3. The maximum absolute atomic E-state index is 10.0. The molecule has 2 aliphatic rings. The lowest BCUT2D eigenvalue weighted by Crippen LogP contribution is -2.37. The van der Waals surface area contributed by atoms with Crippen molar-refractivity contribution in [2.75, 3.05) is 57.8 Å². The number of benzene rings is 4. The van der Waals surface area contributed by atoms with Gasteiger partial charge in [0.2, 0.25) is 0 Å². The number of hydrogen-bond acceptors (Lipinski definition) is 7. The van der Waals surface area contributed by atoms with Gasteiger partial charge in [0, 0.05) is 37.8 Å². The summed E-state index contributed by atoms with van der Waals surface area (Å²) in [5.74, 6) is 0. The summed E-state index contributed by atoms with van der Waals surface area (Å²) in [6.07, 6.45) is 6.72. The Hall–Kier alpha value is -4.29. The Bertz CT molecular complexity index is 1950. The first-order valence-corrected chi connectivity index (χ1v) is 18.7. The number of pyridine rings is 1. The fraction of sp³-hybridized carbons (Fsp3) is 0.349. The second-order valence-electron chi connectivity index (χ2n) is 13.9. The molecular weight excluding hydrogens is 652 g/mol. The molecule has 1 aromatic heterocycles. The van der Waals surface area contributed by atoms with Gasteiger partial charge < -0.3 is 15.4 Å². The number of piperidine rings is 1. The van der Waals surface area contributed by atoms with Crippen molar-refractivity contribution in [3.63, 3.8) is 0 Å². The van der Waals surface area contributed by atoms with Crippen LogP contribution < -0.4 is 10.6 Å². The lowest BCUT2D eigenvalue weighted by molar-refractivity contribution is 0.0374. The first kappa shape index (κ1) is 35.1. The van der Waals surface area contributed by atoms with Crippen LogP contribution in [0.2, 0.25) is 5.02 Å². The van der Waals surface area contributed by atoms with Crippen molar-refractivity contribution in [1.29, 1.82) is 5.26 Å². The van der Waals surface area contributed by atoms with Gasteiger partial charge in [0.25, 0.3) is 0 Å². The van der Waals surface area contributed by atoms with E-state index in [0.717, 1.165) is 103 Å². The van der Waals surface area contributed by atoms with Gasteiger partial charge in [-0.25, -0.2) is 0 Å². The molecule has 2 saturated heterocycles. The molecule has 2 N–H and O–H groups in total. The number of fused-ring (bicyclic) bond motifs is 1. The van der Waals surface area contributed by atoms with E-state index in [-0.39, 0.29) is 0 Å². The maximum atomic E-state index is 10.0. The van der Waals surface area contributed by atoms with Crippen LogP contribution >= 0.6 is 11.6 Å². The molecule has 51 heavy (non-hydrogen) atoms. The lowest BCUT2D eigenvalue weighted by atomic mass is 9.99. The molecule has 0 aliphatic carbocycles. The molecule has 262 valence electrons. The SMILES string of the molecule is Cc1cc(-c2ccc(CN3CCCCC3)cc2)cc(Cl)c1Nc1c(C#N)cnc2cc(-c3ccc(CNCCCN4CCOCC4)cc3)ccc12. The molecule has 3 heterocycles. The molecule has 0 spiro atoms. The Morgan fingerprint density at radius 3 is 2.22 bits per heavy atom. The van der Waals surface area contributed by atoms with Gasteiger partial charge in [0.15, 0.2) is 0 Å². The Labute approximate surface area is 307 Å². The molecule has 0 saturated carbocycles. The number of nitriles is 1. The van der Waals surface area contributed by atoms with Crippen LogP contribution in [0.25, 0.3) is 33.2 Å². The minimum atomic E-state index is 0.473. The van der Waals surface area contributed by atoms with Gasteiger partial charge in [-0.3, -0.25) is 14.8 Å². The summed E-state index contributed by atoms with van der Waals surface area (Å²) in [6.45, 7) is 12.2. The first-order chi connectivity index (χ1) is 25.0. The molecule has 2 aliphatic heterocycles. The van der Waals surface area contributed by atoms with Crippen molar-refractivity contribution in [1.82, 2.24) is 20.1 Å². The average Bonchev–Trinajstić information content (AvgIpc) is 3.17.